The van der Waals surface area contributed by atoms with Crippen LogP contribution in [-0.2, 0) is 6.54 Å². The Bertz CT molecular complexity index is 861. The molecule has 0 saturated carbocycles. The molecule has 2 aromatic carbocycles. The third-order valence-corrected chi connectivity index (χ3v) is 4.26. The molecule has 8 nitrogen and oxygen atoms in total. The number of ether oxygens (including phenoxy) is 5. The average Bonchev–Trinajstić information content (AvgIpc) is 2.77. The van der Waals surface area contributed by atoms with Gasteiger partial charge in [0.15, 0.2) is 29.0 Å². The number of rotatable bonds is 10. The molecule has 0 aromatic heterocycles. The fourth-order valence-corrected chi connectivity index (χ4v) is 2.84. The Morgan fingerprint density at radius 1 is 0.806 bits per heavy atom. The zero-order valence-electron chi connectivity index (χ0n) is 18.9. The van der Waals surface area contributed by atoms with Gasteiger partial charge in [-0.15, -0.1) is 24.0 Å². The van der Waals surface area contributed by atoms with Crippen molar-refractivity contribution in [2.45, 2.75) is 20.4 Å². The van der Waals surface area contributed by atoms with Crippen LogP contribution in [0, 0.1) is 0 Å². The summed E-state index contributed by atoms with van der Waals surface area (Å²) in [5.74, 6) is 3.88. The largest absolute Gasteiger partial charge is 0.496 e. The molecule has 0 spiro atoms. The highest BCUT2D eigenvalue weighted by atomic mass is 127. The molecular formula is C22H32IN3O5. The van der Waals surface area contributed by atoms with Gasteiger partial charge in [0.25, 0.3) is 0 Å². The lowest BCUT2D eigenvalue weighted by atomic mass is 10.1. The van der Waals surface area contributed by atoms with Gasteiger partial charge in [-0.2, -0.15) is 0 Å². The van der Waals surface area contributed by atoms with E-state index in [1.165, 1.54) is 0 Å². The van der Waals surface area contributed by atoms with Gasteiger partial charge in [0.2, 0.25) is 0 Å². The molecule has 2 N–H and O–H groups in total. The van der Waals surface area contributed by atoms with E-state index in [0.717, 1.165) is 11.3 Å². The summed E-state index contributed by atoms with van der Waals surface area (Å²) in [4.78, 5) is 4.68. The minimum absolute atomic E-state index is 0. The Morgan fingerprint density at radius 2 is 1.42 bits per heavy atom. The molecule has 0 heterocycles. The smallest absolute Gasteiger partial charge is 0.196 e. The Labute approximate surface area is 201 Å². The van der Waals surface area contributed by atoms with Gasteiger partial charge in [0.05, 0.1) is 41.6 Å². The standard InChI is InChI=1S/C22H31N3O5.HI/c1-7-23-22(25-16-9-10-17(30-8-2)20(12-16)28-5)24-14-15-11-19(27-4)21(29-6)13-18(15)26-3;/h9-13H,7-8,14H2,1-6H3,(H2,23,24,25);1H. The highest BCUT2D eigenvalue weighted by molar-refractivity contribution is 14.0. The van der Waals surface area contributed by atoms with E-state index in [-0.39, 0.29) is 24.0 Å². The fraction of sp³-hybridized carbons (Fsp3) is 0.409. The molecule has 0 amide bonds. The molecule has 172 valence electrons. The van der Waals surface area contributed by atoms with E-state index >= 15 is 0 Å². The average molecular weight is 545 g/mol. The monoisotopic (exact) mass is 545 g/mol. The van der Waals surface area contributed by atoms with Crippen molar-refractivity contribution in [2.75, 3.05) is 46.9 Å². The van der Waals surface area contributed by atoms with Crippen LogP contribution in [0.15, 0.2) is 35.3 Å². The second-order valence-electron chi connectivity index (χ2n) is 6.14. The van der Waals surface area contributed by atoms with Gasteiger partial charge in [0.1, 0.15) is 5.75 Å². The van der Waals surface area contributed by atoms with Gasteiger partial charge in [-0.3, -0.25) is 0 Å². The number of guanidine groups is 1. The van der Waals surface area contributed by atoms with Crippen molar-refractivity contribution < 1.29 is 23.7 Å². The van der Waals surface area contributed by atoms with Crippen molar-refractivity contribution >= 4 is 35.6 Å². The lowest BCUT2D eigenvalue weighted by Gasteiger charge is -2.15. The summed E-state index contributed by atoms with van der Waals surface area (Å²) in [7, 11) is 6.42. The van der Waals surface area contributed by atoms with Gasteiger partial charge in [-0.1, -0.05) is 0 Å². The second kappa shape index (κ2) is 13.7. The van der Waals surface area contributed by atoms with Crippen LogP contribution < -0.4 is 34.3 Å². The zero-order valence-corrected chi connectivity index (χ0v) is 21.2. The van der Waals surface area contributed by atoms with Crippen molar-refractivity contribution in [1.82, 2.24) is 5.32 Å². The fourth-order valence-electron chi connectivity index (χ4n) is 2.84. The number of anilines is 1. The molecule has 0 unspecified atom stereocenters. The quantitative estimate of drug-likeness (QED) is 0.262. The van der Waals surface area contributed by atoms with E-state index in [2.05, 4.69) is 15.6 Å². The molecule has 0 atom stereocenters. The van der Waals surface area contributed by atoms with Gasteiger partial charge >= 0.3 is 0 Å². The zero-order chi connectivity index (χ0) is 21.9. The van der Waals surface area contributed by atoms with Crippen LogP contribution >= 0.6 is 24.0 Å². The third kappa shape index (κ3) is 7.27. The van der Waals surface area contributed by atoms with E-state index in [0.29, 0.717) is 54.4 Å². The molecular weight excluding hydrogens is 513 g/mol. The first kappa shape index (κ1) is 26.5. The predicted molar refractivity (Wildman–Crippen MR) is 134 cm³/mol. The summed E-state index contributed by atoms with van der Waals surface area (Å²) >= 11 is 0. The normalized spacial score (nSPS) is 10.6. The highest BCUT2D eigenvalue weighted by Crippen LogP contribution is 2.35. The summed E-state index contributed by atoms with van der Waals surface area (Å²) in [5.41, 5.74) is 1.70. The highest BCUT2D eigenvalue weighted by Gasteiger charge is 2.12. The maximum Gasteiger partial charge on any atom is 0.196 e. The number of hydrogen-bond acceptors (Lipinski definition) is 6. The molecule has 31 heavy (non-hydrogen) atoms. The van der Waals surface area contributed by atoms with Gasteiger partial charge in [0, 0.05) is 29.9 Å². The minimum Gasteiger partial charge on any atom is -0.496 e. The lowest BCUT2D eigenvalue weighted by molar-refractivity contribution is 0.311. The maximum atomic E-state index is 5.57. The lowest BCUT2D eigenvalue weighted by Crippen LogP contribution is -2.30. The van der Waals surface area contributed by atoms with Crippen LogP contribution in [-0.4, -0.2) is 47.6 Å². The van der Waals surface area contributed by atoms with E-state index in [4.69, 9.17) is 23.7 Å². The molecule has 0 bridgehead atoms. The second-order valence-corrected chi connectivity index (χ2v) is 6.14. The van der Waals surface area contributed by atoms with Crippen molar-refractivity contribution in [3.05, 3.63) is 35.9 Å². The topological polar surface area (TPSA) is 82.6 Å². The Kier molecular flexibility index (Phi) is 11.7. The van der Waals surface area contributed by atoms with Crippen LogP contribution in [0.4, 0.5) is 5.69 Å². The molecule has 0 saturated heterocycles. The van der Waals surface area contributed by atoms with Gasteiger partial charge in [-0.25, -0.2) is 4.99 Å². The summed E-state index contributed by atoms with van der Waals surface area (Å²) in [6.45, 7) is 5.60. The number of benzene rings is 2. The number of aliphatic imine (C=N–C) groups is 1. The molecule has 0 radical (unpaired) electrons. The summed E-state index contributed by atoms with van der Waals surface area (Å²) < 4.78 is 27.2. The van der Waals surface area contributed by atoms with Gasteiger partial charge in [-0.05, 0) is 32.0 Å². The molecule has 0 aliphatic rings. The van der Waals surface area contributed by atoms with Crippen molar-refractivity contribution in [2.24, 2.45) is 4.99 Å². The van der Waals surface area contributed by atoms with Crippen LogP contribution in [0.25, 0.3) is 0 Å². The third-order valence-electron chi connectivity index (χ3n) is 4.26. The number of halogens is 1. The van der Waals surface area contributed by atoms with E-state index in [9.17, 15) is 0 Å². The van der Waals surface area contributed by atoms with Crippen LogP contribution in [0.5, 0.6) is 28.7 Å². The summed E-state index contributed by atoms with van der Waals surface area (Å²) in [6, 6.07) is 9.31. The Balaban J connectivity index is 0.00000480. The number of methoxy groups -OCH3 is 4. The molecule has 2 rings (SSSR count). The molecule has 0 aliphatic heterocycles. The first-order valence-electron chi connectivity index (χ1n) is 9.75. The number of nitrogens with zero attached hydrogens (tertiary/aromatic N) is 1. The van der Waals surface area contributed by atoms with Crippen molar-refractivity contribution in [3.8, 4) is 28.7 Å². The molecule has 9 heteroatoms. The van der Waals surface area contributed by atoms with Crippen LogP contribution in [0.2, 0.25) is 0 Å². The molecule has 2 aromatic rings. The van der Waals surface area contributed by atoms with Gasteiger partial charge < -0.3 is 34.3 Å². The van der Waals surface area contributed by atoms with Crippen LogP contribution in [0.3, 0.4) is 0 Å². The Morgan fingerprint density at radius 3 is 2.00 bits per heavy atom. The minimum atomic E-state index is 0. The Hall–Kier alpha value is -2.56. The first-order valence-corrected chi connectivity index (χ1v) is 9.75. The van der Waals surface area contributed by atoms with Crippen LogP contribution in [0.1, 0.15) is 19.4 Å². The number of hydrogen-bond donors (Lipinski definition) is 2. The number of nitrogens with one attached hydrogen (secondary N) is 2. The van der Waals surface area contributed by atoms with E-state index in [1.807, 2.05) is 38.1 Å². The SMILES string of the molecule is CCNC(=NCc1cc(OC)c(OC)cc1OC)Nc1ccc(OCC)c(OC)c1.I. The van der Waals surface area contributed by atoms with Crippen molar-refractivity contribution in [3.63, 3.8) is 0 Å². The maximum absolute atomic E-state index is 5.57. The van der Waals surface area contributed by atoms with E-state index < -0.39 is 0 Å². The molecule has 0 aliphatic carbocycles. The van der Waals surface area contributed by atoms with E-state index in [1.54, 1.807) is 34.5 Å². The first-order chi connectivity index (χ1) is 14.6. The molecule has 0 fully saturated rings. The summed E-state index contributed by atoms with van der Waals surface area (Å²) in [6.07, 6.45) is 0. The van der Waals surface area contributed by atoms with Crippen molar-refractivity contribution in [1.29, 1.82) is 0 Å². The predicted octanol–water partition coefficient (Wildman–Crippen LogP) is 4.32. The summed E-state index contributed by atoms with van der Waals surface area (Å²) in [5, 5.41) is 6.53.